The summed E-state index contributed by atoms with van der Waals surface area (Å²) in [7, 11) is 1.57. The molecule has 0 spiro atoms. The molecule has 2 rings (SSSR count). The van der Waals surface area contributed by atoms with Gasteiger partial charge in [0.15, 0.2) is 0 Å². The zero-order valence-electron chi connectivity index (χ0n) is 12.1. The number of benzene rings is 1. The van der Waals surface area contributed by atoms with Gasteiger partial charge in [-0.3, -0.25) is 10.1 Å². The van der Waals surface area contributed by atoms with Crippen molar-refractivity contribution >= 4 is 28.1 Å². The molecule has 5 nitrogen and oxygen atoms in total. The molecule has 0 aliphatic heterocycles. The molecule has 0 aliphatic carbocycles. The van der Waals surface area contributed by atoms with Crippen molar-refractivity contribution in [1.82, 2.24) is 10.2 Å². The third kappa shape index (κ3) is 3.75. The minimum Gasteiger partial charge on any atom is -0.385 e. The summed E-state index contributed by atoms with van der Waals surface area (Å²) in [5.41, 5.74) is 0.403. The number of rotatable bonds is 5. The van der Waals surface area contributed by atoms with Crippen LogP contribution in [-0.4, -0.2) is 23.2 Å². The van der Waals surface area contributed by atoms with Crippen LogP contribution in [0.1, 0.15) is 29.2 Å². The highest BCUT2D eigenvalue weighted by molar-refractivity contribution is 7.15. The number of halogens is 1. The number of anilines is 2. The number of nitrogens with zero attached hydrogens (tertiary/aromatic N) is 2. The largest absolute Gasteiger partial charge is 0.385 e. The smallest absolute Gasteiger partial charge is 0.259 e. The number of para-hydroxylation sites is 1. The Labute approximate surface area is 126 Å². The van der Waals surface area contributed by atoms with Gasteiger partial charge in [0, 0.05) is 13.5 Å². The van der Waals surface area contributed by atoms with Crippen molar-refractivity contribution in [1.29, 1.82) is 0 Å². The topological polar surface area (TPSA) is 66.9 Å². The molecule has 1 aromatic heterocycles. The van der Waals surface area contributed by atoms with E-state index in [0.717, 1.165) is 11.4 Å². The molecule has 1 amide bonds. The molecule has 1 aromatic carbocycles. The lowest BCUT2D eigenvalue weighted by molar-refractivity contribution is 0.102. The Bertz CT molecular complexity index is 642. The van der Waals surface area contributed by atoms with E-state index in [4.69, 9.17) is 0 Å². The molecule has 112 valence electrons. The van der Waals surface area contributed by atoms with Crippen molar-refractivity contribution in [3.8, 4) is 0 Å². The predicted molar refractivity (Wildman–Crippen MR) is 82.4 cm³/mol. The Hall–Kier alpha value is -2.02. The van der Waals surface area contributed by atoms with E-state index in [0.29, 0.717) is 11.0 Å². The van der Waals surface area contributed by atoms with Crippen LogP contribution >= 0.6 is 11.3 Å². The fourth-order valence-corrected chi connectivity index (χ4v) is 2.81. The molecule has 2 aromatic rings. The van der Waals surface area contributed by atoms with Gasteiger partial charge in [0.2, 0.25) is 5.13 Å². The fraction of sp³-hybridized carbons (Fsp3) is 0.357. The number of aromatic nitrogens is 2. The summed E-state index contributed by atoms with van der Waals surface area (Å²) >= 11 is 1.33. The van der Waals surface area contributed by atoms with Gasteiger partial charge in [0.25, 0.3) is 5.91 Å². The molecule has 0 radical (unpaired) electrons. The van der Waals surface area contributed by atoms with Gasteiger partial charge in [-0.25, -0.2) is 4.39 Å². The summed E-state index contributed by atoms with van der Waals surface area (Å²) < 4.78 is 13.6. The van der Waals surface area contributed by atoms with E-state index >= 15 is 0 Å². The Morgan fingerprint density at radius 1 is 1.38 bits per heavy atom. The van der Waals surface area contributed by atoms with Gasteiger partial charge < -0.3 is 5.32 Å². The molecule has 7 heteroatoms. The summed E-state index contributed by atoms with van der Waals surface area (Å²) in [4.78, 5) is 12.2. The van der Waals surface area contributed by atoms with Crippen LogP contribution in [0, 0.1) is 11.7 Å². The summed E-state index contributed by atoms with van der Waals surface area (Å²) in [6.07, 6.45) is 0.815. The third-order valence-corrected chi connectivity index (χ3v) is 3.64. The van der Waals surface area contributed by atoms with E-state index in [-0.39, 0.29) is 11.3 Å². The lowest BCUT2D eigenvalue weighted by Crippen LogP contribution is -2.14. The van der Waals surface area contributed by atoms with Crippen LogP contribution in [0.15, 0.2) is 18.2 Å². The maximum atomic E-state index is 13.6. The number of amides is 1. The number of carbonyl (C=O) groups excluding carboxylic acids is 1. The van der Waals surface area contributed by atoms with Gasteiger partial charge in [-0.1, -0.05) is 31.3 Å². The Kier molecular flexibility index (Phi) is 4.85. The molecule has 21 heavy (non-hydrogen) atoms. The summed E-state index contributed by atoms with van der Waals surface area (Å²) in [6, 6.07) is 4.35. The highest BCUT2D eigenvalue weighted by Crippen LogP contribution is 2.22. The van der Waals surface area contributed by atoms with Gasteiger partial charge in [-0.05, 0) is 18.1 Å². The molecule has 1 heterocycles. The second-order valence-electron chi connectivity index (χ2n) is 4.97. The first kappa shape index (κ1) is 15.4. The van der Waals surface area contributed by atoms with Crippen LogP contribution in [0.2, 0.25) is 0 Å². The quantitative estimate of drug-likeness (QED) is 0.890. The molecule has 0 atom stereocenters. The van der Waals surface area contributed by atoms with Gasteiger partial charge in [-0.15, -0.1) is 10.2 Å². The summed E-state index contributed by atoms with van der Waals surface area (Å²) in [6.45, 7) is 4.18. The van der Waals surface area contributed by atoms with Crippen LogP contribution in [-0.2, 0) is 6.42 Å². The second-order valence-corrected chi connectivity index (χ2v) is 6.03. The molecule has 0 aliphatic rings. The van der Waals surface area contributed by atoms with Gasteiger partial charge in [-0.2, -0.15) is 0 Å². The first-order valence-corrected chi connectivity index (χ1v) is 7.43. The Balaban J connectivity index is 2.15. The number of carbonyl (C=O) groups is 1. The normalized spacial score (nSPS) is 10.7. The monoisotopic (exact) mass is 308 g/mol. The molecular formula is C14H17FN4OS. The molecule has 2 N–H and O–H groups in total. The SMILES string of the molecule is CNc1c(F)cccc1C(=O)Nc1nnc(CC(C)C)s1. The lowest BCUT2D eigenvalue weighted by Gasteiger charge is -2.08. The van der Waals surface area contributed by atoms with Crippen LogP contribution in [0.25, 0.3) is 0 Å². The van der Waals surface area contributed by atoms with Crippen molar-refractivity contribution in [3.63, 3.8) is 0 Å². The van der Waals surface area contributed by atoms with Crippen LogP contribution < -0.4 is 10.6 Å². The molecule has 0 bridgehead atoms. The van der Waals surface area contributed by atoms with Crippen molar-refractivity contribution in [2.75, 3.05) is 17.7 Å². The average Bonchev–Trinajstić information content (AvgIpc) is 2.84. The van der Waals surface area contributed by atoms with Crippen molar-refractivity contribution < 1.29 is 9.18 Å². The summed E-state index contributed by atoms with van der Waals surface area (Å²) in [5, 5.41) is 14.6. The average molecular weight is 308 g/mol. The fourth-order valence-electron chi connectivity index (χ4n) is 1.87. The minimum atomic E-state index is -0.470. The number of hydrogen-bond donors (Lipinski definition) is 2. The zero-order valence-corrected chi connectivity index (χ0v) is 12.9. The standard InChI is InChI=1S/C14H17FN4OS/c1-8(2)7-11-18-19-14(21-11)17-13(20)9-5-4-6-10(15)12(9)16-3/h4-6,8,16H,7H2,1-3H3,(H,17,19,20). The molecular weight excluding hydrogens is 291 g/mol. The predicted octanol–water partition coefficient (Wildman–Crippen LogP) is 3.17. The van der Waals surface area contributed by atoms with E-state index in [9.17, 15) is 9.18 Å². The maximum absolute atomic E-state index is 13.6. The molecule has 0 saturated heterocycles. The Morgan fingerprint density at radius 3 is 2.81 bits per heavy atom. The van der Waals surface area contributed by atoms with Crippen molar-refractivity contribution in [2.24, 2.45) is 5.92 Å². The van der Waals surface area contributed by atoms with Crippen molar-refractivity contribution in [2.45, 2.75) is 20.3 Å². The van der Waals surface area contributed by atoms with E-state index < -0.39 is 11.7 Å². The number of hydrogen-bond acceptors (Lipinski definition) is 5. The van der Waals surface area contributed by atoms with Gasteiger partial charge >= 0.3 is 0 Å². The minimum absolute atomic E-state index is 0.168. The van der Waals surface area contributed by atoms with E-state index in [1.165, 1.54) is 23.5 Å². The molecule has 0 fully saturated rings. The maximum Gasteiger partial charge on any atom is 0.259 e. The molecule has 0 saturated carbocycles. The number of nitrogens with one attached hydrogen (secondary N) is 2. The van der Waals surface area contributed by atoms with Crippen LogP contribution in [0.4, 0.5) is 15.2 Å². The summed E-state index contributed by atoms with van der Waals surface area (Å²) in [5.74, 6) is -0.408. The highest BCUT2D eigenvalue weighted by atomic mass is 32.1. The van der Waals surface area contributed by atoms with E-state index in [1.54, 1.807) is 13.1 Å². The highest BCUT2D eigenvalue weighted by Gasteiger charge is 2.16. The van der Waals surface area contributed by atoms with Gasteiger partial charge in [0.05, 0.1) is 11.3 Å². The zero-order chi connectivity index (χ0) is 15.4. The van der Waals surface area contributed by atoms with Crippen molar-refractivity contribution in [3.05, 3.63) is 34.6 Å². The lowest BCUT2D eigenvalue weighted by atomic mass is 10.1. The van der Waals surface area contributed by atoms with Crippen LogP contribution in [0.5, 0.6) is 0 Å². The Morgan fingerprint density at radius 2 is 2.14 bits per heavy atom. The first-order valence-electron chi connectivity index (χ1n) is 6.61. The van der Waals surface area contributed by atoms with E-state index in [1.807, 2.05) is 0 Å². The first-order chi connectivity index (χ1) is 10.0. The second kappa shape index (κ2) is 6.62. The van der Waals surface area contributed by atoms with E-state index in [2.05, 4.69) is 34.7 Å². The third-order valence-electron chi connectivity index (χ3n) is 2.78. The van der Waals surface area contributed by atoms with Gasteiger partial charge in [0.1, 0.15) is 10.8 Å². The molecule has 0 unspecified atom stereocenters. The van der Waals surface area contributed by atoms with Crippen LogP contribution in [0.3, 0.4) is 0 Å².